The second-order valence-corrected chi connectivity index (χ2v) is 7.62. The maximum absolute atomic E-state index is 14.0. The quantitative estimate of drug-likeness (QED) is 0.647. The van der Waals surface area contributed by atoms with Crippen molar-refractivity contribution in [3.8, 4) is 5.69 Å². The zero-order chi connectivity index (χ0) is 19.8. The fourth-order valence-corrected chi connectivity index (χ4v) is 4.20. The number of anilines is 2. The Morgan fingerprint density at radius 1 is 1.11 bits per heavy atom. The van der Waals surface area contributed by atoms with Crippen molar-refractivity contribution < 1.29 is 8.78 Å². The lowest BCUT2D eigenvalue weighted by Crippen LogP contribution is -2.47. The third-order valence-corrected chi connectivity index (χ3v) is 5.91. The van der Waals surface area contributed by atoms with Crippen molar-refractivity contribution in [2.24, 2.45) is 0 Å². The number of halogens is 3. The molecule has 28 heavy (non-hydrogen) atoms. The Hall–Kier alpha value is -2.52. The van der Waals surface area contributed by atoms with Crippen LogP contribution >= 0.6 is 22.9 Å². The smallest absolute Gasteiger partial charge is 0.292 e. The minimum absolute atomic E-state index is 0.0442. The number of aryl methyl sites for hydroxylation is 1. The Bertz CT molecular complexity index is 1080. The molecule has 2 aromatic heterocycles. The predicted molar refractivity (Wildman–Crippen MR) is 106 cm³/mol. The molecule has 146 valence electrons. The lowest BCUT2D eigenvalue weighted by Gasteiger charge is -2.36. The van der Waals surface area contributed by atoms with Gasteiger partial charge in [0.2, 0.25) is 0 Å². The maximum atomic E-state index is 14.0. The van der Waals surface area contributed by atoms with Gasteiger partial charge in [-0.25, -0.2) is 13.8 Å². The van der Waals surface area contributed by atoms with Crippen molar-refractivity contribution in [2.45, 2.75) is 6.92 Å². The van der Waals surface area contributed by atoms with E-state index in [9.17, 15) is 13.6 Å². The van der Waals surface area contributed by atoms with Crippen molar-refractivity contribution >= 4 is 33.8 Å². The Balaban J connectivity index is 1.57. The number of thiazole rings is 1. The van der Waals surface area contributed by atoms with E-state index < -0.39 is 17.2 Å². The van der Waals surface area contributed by atoms with Gasteiger partial charge in [-0.2, -0.15) is 9.78 Å². The van der Waals surface area contributed by atoms with Crippen LogP contribution in [0.3, 0.4) is 0 Å². The molecule has 0 N–H and O–H groups in total. The monoisotopic (exact) mass is 423 g/mol. The van der Waals surface area contributed by atoms with E-state index in [1.54, 1.807) is 11.3 Å². The van der Waals surface area contributed by atoms with Gasteiger partial charge in [-0.1, -0.05) is 11.6 Å². The molecule has 0 atom stereocenters. The summed E-state index contributed by atoms with van der Waals surface area (Å²) >= 11 is 7.89. The summed E-state index contributed by atoms with van der Waals surface area (Å²) in [5.74, 6) is -1.61. The molecular formula is C18H16ClF2N5OS. The summed E-state index contributed by atoms with van der Waals surface area (Å²) in [5, 5.41) is 6.99. The van der Waals surface area contributed by atoms with Crippen molar-refractivity contribution in [1.82, 2.24) is 14.8 Å². The minimum Gasteiger partial charge on any atom is -0.365 e. The van der Waals surface area contributed by atoms with Crippen LogP contribution in [0.4, 0.5) is 19.6 Å². The summed E-state index contributed by atoms with van der Waals surface area (Å²) in [5.41, 5.74) is 0.693. The van der Waals surface area contributed by atoms with Crippen LogP contribution in [-0.2, 0) is 0 Å². The number of hydrogen-bond acceptors (Lipinski definition) is 6. The summed E-state index contributed by atoms with van der Waals surface area (Å²) in [6.45, 7) is 4.72. The highest BCUT2D eigenvalue weighted by atomic mass is 35.5. The van der Waals surface area contributed by atoms with Crippen LogP contribution in [-0.4, -0.2) is 40.9 Å². The Kier molecular flexibility index (Phi) is 5.03. The average molecular weight is 424 g/mol. The standard InChI is InChI=1S/C18H16ClF2N5OS/c1-11-10-28-18(23-11)25-6-4-24(5-7-25)15-9-22-26(17(27)16(15)19)14-3-2-12(20)8-13(14)21/h2-3,8-10H,4-7H2,1H3. The molecule has 3 heterocycles. The van der Waals surface area contributed by atoms with Gasteiger partial charge in [0.05, 0.1) is 17.6 Å². The Morgan fingerprint density at radius 3 is 2.46 bits per heavy atom. The first-order valence-corrected chi connectivity index (χ1v) is 9.85. The fourth-order valence-electron chi connectivity index (χ4n) is 3.09. The van der Waals surface area contributed by atoms with Gasteiger partial charge in [0, 0.05) is 37.6 Å². The molecule has 0 aliphatic carbocycles. The molecule has 1 saturated heterocycles. The van der Waals surface area contributed by atoms with Gasteiger partial charge in [-0.3, -0.25) is 4.79 Å². The summed E-state index contributed by atoms with van der Waals surface area (Å²) in [6.07, 6.45) is 1.44. The van der Waals surface area contributed by atoms with Crippen LogP contribution in [0, 0.1) is 18.6 Å². The van der Waals surface area contributed by atoms with Crippen LogP contribution in [0.2, 0.25) is 5.02 Å². The number of nitrogens with zero attached hydrogens (tertiary/aromatic N) is 5. The molecule has 10 heteroatoms. The zero-order valence-electron chi connectivity index (χ0n) is 14.9. The Labute approximate surface area is 168 Å². The summed E-state index contributed by atoms with van der Waals surface area (Å²) in [6, 6.07) is 2.92. The normalized spacial score (nSPS) is 14.6. The second-order valence-electron chi connectivity index (χ2n) is 6.40. The zero-order valence-corrected chi connectivity index (χ0v) is 16.5. The number of benzene rings is 1. The molecular weight excluding hydrogens is 408 g/mol. The van der Waals surface area contributed by atoms with Crippen molar-refractivity contribution in [2.75, 3.05) is 36.0 Å². The number of hydrogen-bond donors (Lipinski definition) is 0. The van der Waals surface area contributed by atoms with E-state index >= 15 is 0 Å². The van der Waals surface area contributed by atoms with Gasteiger partial charge < -0.3 is 9.80 Å². The average Bonchev–Trinajstić information content (AvgIpc) is 3.11. The first kappa shape index (κ1) is 18.8. The van der Waals surface area contributed by atoms with E-state index in [4.69, 9.17) is 11.6 Å². The van der Waals surface area contributed by atoms with Gasteiger partial charge in [0.25, 0.3) is 5.56 Å². The molecule has 0 amide bonds. The van der Waals surface area contributed by atoms with Gasteiger partial charge in [-0.15, -0.1) is 11.3 Å². The molecule has 0 bridgehead atoms. The first-order valence-electron chi connectivity index (χ1n) is 8.59. The summed E-state index contributed by atoms with van der Waals surface area (Å²) in [4.78, 5) is 21.3. The third-order valence-electron chi connectivity index (χ3n) is 4.54. The maximum Gasteiger partial charge on any atom is 0.292 e. The van der Waals surface area contributed by atoms with E-state index in [0.717, 1.165) is 40.7 Å². The highest BCUT2D eigenvalue weighted by Gasteiger charge is 2.23. The topological polar surface area (TPSA) is 54.3 Å². The van der Waals surface area contributed by atoms with Gasteiger partial charge in [-0.05, 0) is 19.1 Å². The van der Waals surface area contributed by atoms with Crippen molar-refractivity contribution in [1.29, 1.82) is 0 Å². The molecule has 0 unspecified atom stereocenters. The first-order chi connectivity index (χ1) is 13.4. The molecule has 1 aromatic carbocycles. The van der Waals surface area contributed by atoms with E-state index in [0.29, 0.717) is 24.8 Å². The van der Waals surface area contributed by atoms with E-state index in [2.05, 4.69) is 15.0 Å². The number of aromatic nitrogens is 3. The molecule has 0 saturated carbocycles. The van der Waals surface area contributed by atoms with Crippen LogP contribution in [0.25, 0.3) is 5.69 Å². The molecule has 1 aliphatic rings. The number of rotatable bonds is 3. The van der Waals surface area contributed by atoms with Crippen molar-refractivity contribution in [3.63, 3.8) is 0 Å². The molecule has 6 nitrogen and oxygen atoms in total. The third kappa shape index (κ3) is 3.47. The summed E-state index contributed by atoms with van der Waals surface area (Å²) in [7, 11) is 0. The lowest BCUT2D eigenvalue weighted by molar-refractivity contribution is 0.570. The molecule has 1 aliphatic heterocycles. The highest BCUT2D eigenvalue weighted by Crippen LogP contribution is 2.26. The Morgan fingerprint density at radius 2 is 1.82 bits per heavy atom. The lowest BCUT2D eigenvalue weighted by atomic mass is 10.2. The van der Waals surface area contributed by atoms with Crippen LogP contribution < -0.4 is 15.4 Å². The second kappa shape index (κ2) is 7.48. The molecule has 1 fully saturated rings. The predicted octanol–water partition coefficient (Wildman–Crippen LogP) is 3.26. The highest BCUT2D eigenvalue weighted by molar-refractivity contribution is 7.13. The van der Waals surface area contributed by atoms with E-state index in [-0.39, 0.29) is 10.7 Å². The number of piperazine rings is 1. The van der Waals surface area contributed by atoms with Crippen LogP contribution in [0.15, 0.2) is 34.6 Å². The molecule has 4 rings (SSSR count). The summed E-state index contributed by atoms with van der Waals surface area (Å²) < 4.78 is 28.0. The molecule has 0 spiro atoms. The van der Waals surface area contributed by atoms with Gasteiger partial charge in [0.15, 0.2) is 10.9 Å². The molecule has 3 aromatic rings. The van der Waals surface area contributed by atoms with Crippen molar-refractivity contribution in [3.05, 3.63) is 62.5 Å². The SMILES string of the molecule is Cc1csc(N2CCN(c3cnn(-c4ccc(F)cc4F)c(=O)c3Cl)CC2)n1. The van der Waals surface area contributed by atoms with Gasteiger partial charge in [0.1, 0.15) is 16.5 Å². The van der Waals surface area contributed by atoms with E-state index in [1.807, 2.05) is 17.2 Å². The van der Waals surface area contributed by atoms with Crippen LogP contribution in [0.5, 0.6) is 0 Å². The minimum atomic E-state index is -0.884. The molecule has 0 radical (unpaired) electrons. The van der Waals surface area contributed by atoms with Crippen LogP contribution in [0.1, 0.15) is 5.69 Å². The van der Waals surface area contributed by atoms with E-state index in [1.165, 1.54) is 6.20 Å². The largest absolute Gasteiger partial charge is 0.365 e. The fraction of sp³-hybridized carbons (Fsp3) is 0.278. The van der Waals surface area contributed by atoms with Gasteiger partial charge >= 0.3 is 0 Å².